The molecular weight excluding hydrogens is 240 g/mol. The second-order valence-corrected chi connectivity index (χ2v) is 4.40. The molecule has 0 aliphatic carbocycles. The summed E-state index contributed by atoms with van der Waals surface area (Å²) in [7, 11) is 1.63. The highest BCUT2D eigenvalue weighted by Crippen LogP contribution is 2.09. The van der Waals surface area contributed by atoms with Gasteiger partial charge in [-0.05, 0) is 31.5 Å². The van der Waals surface area contributed by atoms with Crippen molar-refractivity contribution in [2.24, 2.45) is 0 Å². The fourth-order valence-electron chi connectivity index (χ4n) is 2.02. The summed E-state index contributed by atoms with van der Waals surface area (Å²) in [5.41, 5.74) is 3.43. The average molecular weight is 260 g/mol. The largest absolute Gasteiger partial charge is 0.481 e. The summed E-state index contributed by atoms with van der Waals surface area (Å²) in [6, 6.07) is 6.04. The molecule has 2 heterocycles. The highest BCUT2D eigenvalue weighted by Gasteiger charge is 2.03. The molecule has 0 aromatic carbocycles. The fourth-order valence-corrected chi connectivity index (χ4v) is 2.02. The molecule has 0 fully saturated rings. The molecule has 0 amide bonds. The highest BCUT2D eigenvalue weighted by atomic mass is 16.5. The van der Waals surface area contributed by atoms with Gasteiger partial charge < -0.3 is 10.1 Å². The first-order valence-corrected chi connectivity index (χ1v) is 6.46. The minimum absolute atomic E-state index is 0.647. The van der Waals surface area contributed by atoms with E-state index in [0.717, 1.165) is 30.9 Å². The third kappa shape index (κ3) is 3.54. The standard InChI is InChI=1S/C14H20N4O/c1-4-18-13(7-11(2)17-18)10-15-9-12-5-6-16-14(8-12)19-3/h5-8,15H,4,9-10H2,1-3H3. The van der Waals surface area contributed by atoms with Crippen LogP contribution in [0.1, 0.15) is 23.9 Å². The number of nitrogens with zero attached hydrogens (tertiary/aromatic N) is 3. The van der Waals surface area contributed by atoms with Crippen molar-refractivity contribution in [2.75, 3.05) is 7.11 Å². The molecule has 0 aliphatic heterocycles. The average Bonchev–Trinajstić information content (AvgIpc) is 2.79. The van der Waals surface area contributed by atoms with Crippen LogP contribution in [-0.2, 0) is 19.6 Å². The molecule has 102 valence electrons. The Morgan fingerprint density at radius 1 is 1.32 bits per heavy atom. The Bertz CT molecular complexity index is 536. The molecule has 5 nitrogen and oxygen atoms in total. The van der Waals surface area contributed by atoms with Gasteiger partial charge in [-0.15, -0.1) is 0 Å². The first-order chi connectivity index (χ1) is 9.22. The van der Waals surface area contributed by atoms with Crippen molar-refractivity contribution < 1.29 is 4.74 Å². The lowest BCUT2D eigenvalue weighted by molar-refractivity contribution is 0.397. The van der Waals surface area contributed by atoms with Crippen LogP contribution >= 0.6 is 0 Å². The molecule has 0 radical (unpaired) electrons. The van der Waals surface area contributed by atoms with E-state index in [0.29, 0.717) is 5.88 Å². The van der Waals surface area contributed by atoms with Crippen molar-refractivity contribution in [2.45, 2.75) is 33.5 Å². The Hall–Kier alpha value is -1.88. The van der Waals surface area contributed by atoms with Gasteiger partial charge in [0.25, 0.3) is 0 Å². The van der Waals surface area contributed by atoms with Crippen LogP contribution in [0, 0.1) is 6.92 Å². The molecule has 0 unspecified atom stereocenters. The molecule has 0 saturated carbocycles. The zero-order valence-corrected chi connectivity index (χ0v) is 11.7. The molecule has 0 atom stereocenters. The van der Waals surface area contributed by atoms with Crippen LogP contribution in [0.15, 0.2) is 24.4 Å². The predicted octanol–water partition coefficient (Wildman–Crippen LogP) is 1.90. The minimum Gasteiger partial charge on any atom is -0.481 e. The van der Waals surface area contributed by atoms with E-state index in [9.17, 15) is 0 Å². The van der Waals surface area contributed by atoms with Crippen molar-refractivity contribution in [3.63, 3.8) is 0 Å². The number of aryl methyl sites for hydroxylation is 2. The van der Waals surface area contributed by atoms with Crippen LogP contribution in [0.5, 0.6) is 5.88 Å². The molecule has 1 N–H and O–H groups in total. The van der Waals surface area contributed by atoms with Gasteiger partial charge in [0, 0.05) is 31.9 Å². The smallest absolute Gasteiger partial charge is 0.213 e. The SMILES string of the molecule is CCn1nc(C)cc1CNCc1ccnc(OC)c1. The number of methoxy groups -OCH3 is 1. The number of pyridine rings is 1. The molecule has 2 rings (SSSR count). The van der Waals surface area contributed by atoms with E-state index in [1.54, 1.807) is 13.3 Å². The maximum atomic E-state index is 5.11. The molecule has 2 aromatic heterocycles. The lowest BCUT2D eigenvalue weighted by Crippen LogP contribution is -2.16. The predicted molar refractivity (Wildman–Crippen MR) is 74.0 cm³/mol. The van der Waals surface area contributed by atoms with E-state index >= 15 is 0 Å². The number of nitrogens with one attached hydrogen (secondary N) is 1. The van der Waals surface area contributed by atoms with Crippen LogP contribution < -0.4 is 10.1 Å². The highest BCUT2D eigenvalue weighted by molar-refractivity contribution is 5.20. The summed E-state index contributed by atoms with van der Waals surface area (Å²) < 4.78 is 7.13. The van der Waals surface area contributed by atoms with Crippen molar-refractivity contribution in [1.82, 2.24) is 20.1 Å². The summed E-state index contributed by atoms with van der Waals surface area (Å²) in [5, 5.41) is 7.84. The lowest BCUT2D eigenvalue weighted by Gasteiger charge is -2.07. The number of hydrogen-bond acceptors (Lipinski definition) is 4. The van der Waals surface area contributed by atoms with Gasteiger partial charge in [-0.1, -0.05) is 0 Å². The van der Waals surface area contributed by atoms with E-state index in [4.69, 9.17) is 4.74 Å². The molecular formula is C14H20N4O. The van der Waals surface area contributed by atoms with E-state index in [1.165, 1.54) is 5.69 Å². The van der Waals surface area contributed by atoms with Crippen molar-refractivity contribution in [3.8, 4) is 5.88 Å². The first kappa shape index (κ1) is 13.5. The van der Waals surface area contributed by atoms with Crippen molar-refractivity contribution in [1.29, 1.82) is 0 Å². The van der Waals surface area contributed by atoms with Crippen molar-refractivity contribution >= 4 is 0 Å². The normalized spacial score (nSPS) is 10.7. The molecule has 19 heavy (non-hydrogen) atoms. The maximum absolute atomic E-state index is 5.11. The quantitative estimate of drug-likeness (QED) is 0.862. The topological polar surface area (TPSA) is 52.0 Å². The van der Waals surface area contributed by atoms with Gasteiger partial charge in [0.2, 0.25) is 5.88 Å². The van der Waals surface area contributed by atoms with Gasteiger partial charge >= 0.3 is 0 Å². The number of rotatable bonds is 6. The monoisotopic (exact) mass is 260 g/mol. The Morgan fingerprint density at radius 3 is 2.89 bits per heavy atom. The van der Waals surface area contributed by atoms with Crippen LogP contribution in [0.25, 0.3) is 0 Å². The van der Waals surface area contributed by atoms with Crippen LogP contribution in [-0.4, -0.2) is 21.9 Å². The number of aromatic nitrogens is 3. The third-order valence-corrected chi connectivity index (χ3v) is 2.93. The zero-order chi connectivity index (χ0) is 13.7. The van der Waals surface area contributed by atoms with Gasteiger partial charge in [-0.3, -0.25) is 4.68 Å². The summed E-state index contributed by atoms with van der Waals surface area (Å²) in [6.45, 7) is 6.60. The molecule has 0 saturated heterocycles. The Kier molecular flexibility index (Phi) is 4.52. The van der Waals surface area contributed by atoms with E-state index in [1.807, 2.05) is 23.7 Å². The second kappa shape index (κ2) is 6.33. The Balaban J connectivity index is 1.92. The summed E-state index contributed by atoms with van der Waals surface area (Å²) >= 11 is 0. The van der Waals surface area contributed by atoms with E-state index in [-0.39, 0.29) is 0 Å². The minimum atomic E-state index is 0.647. The second-order valence-electron chi connectivity index (χ2n) is 4.40. The van der Waals surface area contributed by atoms with Gasteiger partial charge in [-0.25, -0.2) is 4.98 Å². The van der Waals surface area contributed by atoms with Gasteiger partial charge in [0.1, 0.15) is 0 Å². The zero-order valence-electron chi connectivity index (χ0n) is 11.7. The van der Waals surface area contributed by atoms with Gasteiger partial charge in [0.15, 0.2) is 0 Å². The molecule has 0 aliphatic rings. The molecule has 5 heteroatoms. The van der Waals surface area contributed by atoms with Crippen LogP contribution in [0.2, 0.25) is 0 Å². The van der Waals surface area contributed by atoms with Gasteiger partial charge in [0.05, 0.1) is 18.5 Å². The number of hydrogen-bond donors (Lipinski definition) is 1. The van der Waals surface area contributed by atoms with Crippen LogP contribution in [0.4, 0.5) is 0 Å². The summed E-state index contributed by atoms with van der Waals surface area (Å²) in [5.74, 6) is 0.647. The van der Waals surface area contributed by atoms with Gasteiger partial charge in [-0.2, -0.15) is 5.10 Å². The van der Waals surface area contributed by atoms with Crippen molar-refractivity contribution in [3.05, 3.63) is 41.3 Å². The summed E-state index contributed by atoms with van der Waals surface area (Å²) in [4.78, 5) is 4.09. The summed E-state index contributed by atoms with van der Waals surface area (Å²) in [6.07, 6.45) is 1.76. The lowest BCUT2D eigenvalue weighted by atomic mass is 10.2. The third-order valence-electron chi connectivity index (χ3n) is 2.93. The maximum Gasteiger partial charge on any atom is 0.213 e. The fraction of sp³-hybridized carbons (Fsp3) is 0.429. The first-order valence-electron chi connectivity index (χ1n) is 6.46. The Morgan fingerprint density at radius 2 is 2.16 bits per heavy atom. The van der Waals surface area contributed by atoms with E-state index < -0.39 is 0 Å². The Labute approximate surface area is 113 Å². The number of ether oxygens (including phenoxy) is 1. The molecule has 2 aromatic rings. The molecule has 0 spiro atoms. The van der Waals surface area contributed by atoms with E-state index in [2.05, 4.69) is 28.4 Å². The van der Waals surface area contributed by atoms with Crippen LogP contribution in [0.3, 0.4) is 0 Å². The molecule has 0 bridgehead atoms.